The normalized spacial score (nSPS) is 22.2. The molecule has 1 atom stereocenters. The molecule has 15 heavy (non-hydrogen) atoms. The predicted molar refractivity (Wildman–Crippen MR) is 56.2 cm³/mol. The summed E-state index contributed by atoms with van der Waals surface area (Å²) in [6.45, 7) is 6.44. The van der Waals surface area contributed by atoms with Crippen LogP contribution in [-0.2, 0) is 16.8 Å². The van der Waals surface area contributed by atoms with E-state index in [1.54, 1.807) is 0 Å². The molecule has 5 heteroatoms. The van der Waals surface area contributed by atoms with Gasteiger partial charge in [0.25, 0.3) is 0 Å². The molecular weight excluding hydrogens is 192 g/mol. The maximum absolute atomic E-state index is 5.94. The van der Waals surface area contributed by atoms with Crippen molar-refractivity contribution in [3.63, 3.8) is 0 Å². The first-order valence-electron chi connectivity index (χ1n) is 5.33. The standard InChI is InChI=1S/C10H18N4O/c1-10(2,11)9-6-14(13-12-9)5-8-3-4-15-7-8/h6,8H,3-5,7,11H2,1-2H3. The van der Waals surface area contributed by atoms with Crippen molar-refractivity contribution in [3.05, 3.63) is 11.9 Å². The van der Waals surface area contributed by atoms with Gasteiger partial charge in [0.2, 0.25) is 0 Å². The smallest absolute Gasteiger partial charge is 0.102 e. The molecule has 84 valence electrons. The van der Waals surface area contributed by atoms with Crippen molar-refractivity contribution < 1.29 is 4.74 Å². The summed E-state index contributed by atoms with van der Waals surface area (Å²) < 4.78 is 7.18. The minimum absolute atomic E-state index is 0.412. The molecule has 0 saturated carbocycles. The number of hydrogen-bond acceptors (Lipinski definition) is 4. The summed E-state index contributed by atoms with van der Waals surface area (Å²) >= 11 is 0. The van der Waals surface area contributed by atoms with E-state index < -0.39 is 5.54 Å². The summed E-state index contributed by atoms with van der Waals surface area (Å²) in [5.41, 5.74) is 6.36. The van der Waals surface area contributed by atoms with Crippen LogP contribution in [0.1, 0.15) is 26.0 Å². The Bertz CT molecular complexity index is 322. The van der Waals surface area contributed by atoms with E-state index in [4.69, 9.17) is 10.5 Å². The van der Waals surface area contributed by atoms with Gasteiger partial charge in [0.05, 0.1) is 18.3 Å². The lowest BCUT2D eigenvalue weighted by molar-refractivity contribution is 0.181. The molecule has 0 radical (unpaired) electrons. The Morgan fingerprint density at radius 2 is 2.47 bits per heavy atom. The summed E-state index contributed by atoms with van der Waals surface area (Å²) in [7, 11) is 0. The molecule has 0 spiro atoms. The second-order valence-electron chi connectivity index (χ2n) is 4.78. The summed E-state index contributed by atoms with van der Waals surface area (Å²) in [5.74, 6) is 0.570. The Kier molecular flexibility index (Phi) is 2.75. The van der Waals surface area contributed by atoms with Crippen LogP contribution in [0.2, 0.25) is 0 Å². The summed E-state index contributed by atoms with van der Waals surface area (Å²) in [6, 6.07) is 0. The third kappa shape index (κ3) is 2.54. The van der Waals surface area contributed by atoms with Crippen molar-refractivity contribution in [1.82, 2.24) is 15.0 Å². The maximum Gasteiger partial charge on any atom is 0.102 e. The van der Waals surface area contributed by atoms with Crippen LogP contribution in [-0.4, -0.2) is 28.2 Å². The lowest BCUT2D eigenvalue weighted by atomic mass is 10.0. The van der Waals surface area contributed by atoms with Crippen molar-refractivity contribution in [3.8, 4) is 0 Å². The molecule has 5 nitrogen and oxygen atoms in total. The third-order valence-corrected chi connectivity index (χ3v) is 2.67. The zero-order valence-electron chi connectivity index (χ0n) is 9.31. The quantitative estimate of drug-likeness (QED) is 0.789. The fraction of sp³-hybridized carbons (Fsp3) is 0.800. The first kappa shape index (κ1) is 10.6. The summed E-state index contributed by atoms with van der Waals surface area (Å²) in [4.78, 5) is 0. The lowest BCUT2D eigenvalue weighted by Gasteiger charge is -2.13. The monoisotopic (exact) mass is 210 g/mol. The average molecular weight is 210 g/mol. The molecule has 0 bridgehead atoms. The van der Waals surface area contributed by atoms with E-state index >= 15 is 0 Å². The molecule has 2 N–H and O–H groups in total. The van der Waals surface area contributed by atoms with E-state index in [2.05, 4.69) is 10.3 Å². The van der Waals surface area contributed by atoms with Gasteiger partial charge in [-0.3, -0.25) is 4.68 Å². The highest BCUT2D eigenvalue weighted by atomic mass is 16.5. The summed E-state index contributed by atoms with van der Waals surface area (Å²) in [6.07, 6.45) is 3.04. The van der Waals surface area contributed by atoms with E-state index in [1.165, 1.54) is 0 Å². The van der Waals surface area contributed by atoms with Crippen molar-refractivity contribution >= 4 is 0 Å². The van der Waals surface area contributed by atoms with E-state index in [-0.39, 0.29) is 0 Å². The van der Waals surface area contributed by atoms with Crippen LogP contribution < -0.4 is 5.73 Å². The van der Waals surface area contributed by atoms with Gasteiger partial charge in [-0.25, -0.2) is 0 Å². The molecule has 0 amide bonds. The van der Waals surface area contributed by atoms with Gasteiger partial charge < -0.3 is 10.5 Å². The SMILES string of the molecule is CC(C)(N)c1cn(CC2CCOC2)nn1. The Labute approximate surface area is 89.6 Å². The molecular formula is C10H18N4O. The molecule has 1 unspecified atom stereocenters. The fourth-order valence-corrected chi connectivity index (χ4v) is 1.67. The van der Waals surface area contributed by atoms with Crippen molar-refractivity contribution in [2.45, 2.75) is 32.4 Å². The molecule has 1 aliphatic rings. The zero-order chi connectivity index (χ0) is 10.9. The second kappa shape index (κ2) is 3.90. The topological polar surface area (TPSA) is 66.0 Å². The highest BCUT2D eigenvalue weighted by Gasteiger charge is 2.20. The molecule has 1 aromatic heterocycles. The molecule has 2 heterocycles. The Morgan fingerprint density at radius 3 is 3.00 bits per heavy atom. The van der Waals surface area contributed by atoms with Gasteiger partial charge in [-0.1, -0.05) is 5.21 Å². The van der Waals surface area contributed by atoms with Gasteiger partial charge in [-0.15, -0.1) is 5.10 Å². The van der Waals surface area contributed by atoms with Crippen molar-refractivity contribution in [1.29, 1.82) is 0 Å². The van der Waals surface area contributed by atoms with Crippen molar-refractivity contribution in [2.75, 3.05) is 13.2 Å². The first-order chi connectivity index (χ1) is 7.05. The lowest BCUT2D eigenvalue weighted by Crippen LogP contribution is -2.29. The molecule has 0 aromatic carbocycles. The van der Waals surface area contributed by atoms with Crippen LogP contribution in [0.3, 0.4) is 0 Å². The fourth-order valence-electron chi connectivity index (χ4n) is 1.67. The third-order valence-electron chi connectivity index (χ3n) is 2.67. The second-order valence-corrected chi connectivity index (χ2v) is 4.78. The van der Waals surface area contributed by atoms with Gasteiger partial charge in [0.15, 0.2) is 0 Å². The first-order valence-corrected chi connectivity index (χ1v) is 5.33. The number of rotatable bonds is 3. The summed E-state index contributed by atoms with van der Waals surface area (Å²) in [5, 5.41) is 8.15. The number of nitrogens with zero attached hydrogens (tertiary/aromatic N) is 3. The minimum atomic E-state index is -0.412. The van der Waals surface area contributed by atoms with Gasteiger partial charge in [0, 0.05) is 19.1 Å². The molecule has 1 aromatic rings. The number of nitrogens with two attached hydrogens (primary N) is 1. The van der Waals surface area contributed by atoms with E-state index in [0.29, 0.717) is 5.92 Å². The van der Waals surface area contributed by atoms with E-state index in [0.717, 1.165) is 31.9 Å². The van der Waals surface area contributed by atoms with Crippen LogP contribution in [0.5, 0.6) is 0 Å². The largest absolute Gasteiger partial charge is 0.381 e. The molecule has 0 aliphatic carbocycles. The van der Waals surface area contributed by atoms with Crippen LogP contribution >= 0.6 is 0 Å². The molecule has 1 fully saturated rings. The van der Waals surface area contributed by atoms with Gasteiger partial charge in [0.1, 0.15) is 5.69 Å². The highest BCUT2D eigenvalue weighted by Crippen LogP contribution is 2.16. The predicted octanol–water partition coefficient (Wildman–Crippen LogP) is 0.508. The van der Waals surface area contributed by atoms with Crippen LogP contribution in [0.15, 0.2) is 6.20 Å². The maximum atomic E-state index is 5.94. The van der Waals surface area contributed by atoms with Crippen LogP contribution in [0.4, 0.5) is 0 Å². The molecule has 1 aliphatic heterocycles. The number of aromatic nitrogens is 3. The van der Waals surface area contributed by atoms with Gasteiger partial charge >= 0.3 is 0 Å². The molecule has 1 saturated heterocycles. The average Bonchev–Trinajstić information content (AvgIpc) is 2.73. The Balaban J connectivity index is 2.00. The Morgan fingerprint density at radius 1 is 1.67 bits per heavy atom. The van der Waals surface area contributed by atoms with E-state index in [9.17, 15) is 0 Å². The van der Waals surface area contributed by atoms with Crippen LogP contribution in [0.25, 0.3) is 0 Å². The van der Waals surface area contributed by atoms with E-state index in [1.807, 2.05) is 24.7 Å². The zero-order valence-corrected chi connectivity index (χ0v) is 9.31. The minimum Gasteiger partial charge on any atom is -0.381 e. The van der Waals surface area contributed by atoms with Gasteiger partial charge in [-0.2, -0.15) is 0 Å². The van der Waals surface area contributed by atoms with Gasteiger partial charge in [-0.05, 0) is 20.3 Å². The van der Waals surface area contributed by atoms with Crippen LogP contribution in [0, 0.1) is 5.92 Å². The highest BCUT2D eigenvalue weighted by molar-refractivity contribution is 5.05. The number of hydrogen-bond donors (Lipinski definition) is 1. The number of ether oxygens (including phenoxy) is 1. The van der Waals surface area contributed by atoms with Crippen molar-refractivity contribution in [2.24, 2.45) is 11.7 Å². The Hall–Kier alpha value is -0.940. The molecule has 2 rings (SSSR count).